The first kappa shape index (κ1) is 28.4. The quantitative estimate of drug-likeness (QED) is 0.507. The molecule has 3 atom stereocenters. The van der Waals surface area contributed by atoms with Gasteiger partial charge < -0.3 is 19.4 Å². The van der Waals surface area contributed by atoms with E-state index in [-0.39, 0.29) is 24.2 Å². The molecule has 1 spiro atoms. The van der Waals surface area contributed by atoms with E-state index in [1.807, 2.05) is 6.07 Å². The number of fused-ring (bicyclic) bond motifs is 3. The van der Waals surface area contributed by atoms with Crippen LogP contribution in [0.3, 0.4) is 0 Å². The van der Waals surface area contributed by atoms with E-state index in [0.717, 1.165) is 60.4 Å². The van der Waals surface area contributed by atoms with Gasteiger partial charge in [0.25, 0.3) is 5.91 Å². The molecule has 0 bridgehead atoms. The van der Waals surface area contributed by atoms with Crippen molar-refractivity contribution in [2.45, 2.75) is 69.6 Å². The molecule has 1 aromatic heterocycles. The van der Waals surface area contributed by atoms with Gasteiger partial charge in [0.05, 0.1) is 29.8 Å². The predicted octanol–water partition coefficient (Wildman–Crippen LogP) is 2.87. The highest BCUT2D eigenvalue weighted by molar-refractivity contribution is 5.93. The molecule has 2 aromatic rings. The van der Waals surface area contributed by atoms with Crippen molar-refractivity contribution < 1.29 is 13.9 Å². The number of ether oxygens (including phenoxy) is 1. The number of aromatic nitrogens is 2. The van der Waals surface area contributed by atoms with Crippen LogP contribution in [0.5, 0.6) is 6.01 Å². The third-order valence-electron chi connectivity index (χ3n) is 9.69. The third kappa shape index (κ3) is 4.97. The van der Waals surface area contributed by atoms with Crippen LogP contribution in [0.4, 0.5) is 10.2 Å². The number of likely N-dealkylation sites (tertiary alicyclic amines) is 1. The summed E-state index contributed by atoms with van der Waals surface area (Å²) in [6.07, 6.45) is 4.64. The maximum Gasteiger partial charge on any atom is 0.318 e. The molecule has 220 valence electrons. The van der Waals surface area contributed by atoms with E-state index >= 15 is 4.39 Å². The Balaban J connectivity index is 1.37. The standard InChI is InChI=1S/C32H38FN7O2/c1-4-7-28(41)40-17-16-39(19-23(40)12-14-34)30-25-20-38(3)32(13-11-22-8-5-10-26(33)29(22)32)18-27(25)35-31(36-30)42-21-24-9-6-15-37(24)2/h5,8,10,23-24H,6,9,11-13,15-21H2,1-3H3/t23-,24-,32?/m0/s1. The van der Waals surface area contributed by atoms with Gasteiger partial charge in [0.15, 0.2) is 0 Å². The van der Waals surface area contributed by atoms with Crippen molar-refractivity contribution in [1.82, 2.24) is 24.7 Å². The van der Waals surface area contributed by atoms with Gasteiger partial charge in [0, 0.05) is 49.8 Å². The molecular formula is C32H38FN7O2. The number of amides is 1. The largest absolute Gasteiger partial charge is 0.462 e. The fourth-order valence-corrected chi connectivity index (χ4v) is 7.39. The summed E-state index contributed by atoms with van der Waals surface area (Å²) >= 11 is 0. The lowest BCUT2D eigenvalue weighted by molar-refractivity contribution is -0.127. The second kappa shape index (κ2) is 11.5. The van der Waals surface area contributed by atoms with Gasteiger partial charge in [-0.25, -0.2) is 4.39 Å². The Kier molecular flexibility index (Phi) is 7.78. The average molecular weight is 572 g/mol. The summed E-state index contributed by atoms with van der Waals surface area (Å²) < 4.78 is 21.6. The molecule has 0 radical (unpaired) electrons. The molecule has 1 unspecified atom stereocenters. The highest BCUT2D eigenvalue weighted by Crippen LogP contribution is 2.49. The molecular weight excluding hydrogens is 533 g/mol. The Morgan fingerprint density at radius 2 is 2.07 bits per heavy atom. The number of likely N-dealkylation sites (N-methyl/N-ethyl adjacent to an activating group) is 2. The molecule has 2 fully saturated rings. The second-order valence-corrected chi connectivity index (χ2v) is 12.0. The van der Waals surface area contributed by atoms with Crippen molar-refractivity contribution in [3.05, 3.63) is 46.4 Å². The van der Waals surface area contributed by atoms with Gasteiger partial charge in [0.2, 0.25) is 0 Å². The Labute approximate surface area is 247 Å². The molecule has 6 rings (SSSR count). The number of nitrogens with zero attached hydrogens (tertiary/aromatic N) is 7. The van der Waals surface area contributed by atoms with Gasteiger partial charge >= 0.3 is 6.01 Å². The van der Waals surface area contributed by atoms with Crippen molar-refractivity contribution in [1.29, 1.82) is 5.26 Å². The number of hydrogen-bond acceptors (Lipinski definition) is 8. The van der Waals surface area contributed by atoms with Crippen molar-refractivity contribution in [3.8, 4) is 23.9 Å². The van der Waals surface area contributed by atoms with E-state index in [0.29, 0.717) is 51.3 Å². The normalized spacial score (nSPS) is 25.5. The monoisotopic (exact) mass is 571 g/mol. The molecule has 1 aliphatic carbocycles. The van der Waals surface area contributed by atoms with Gasteiger partial charge in [-0.15, -0.1) is 0 Å². The summed E-state index contributed by atoms with van der Waals surface area (Å²) in [6.45, 7) is 5.23. The summed E-state index contributed by atoms with van der Waals surface area (Å²) in [6, 6.07) is 7.99. The number of rotatable bonds is 5. The van der Waals surface area contributed by atoms with Gasteiger partial charge in [-0.2, -0.15) is 15.2 Å². The number of halogens is 1. The first-order chi connectivity index (χ1) is 20.3. The van der Waals surface area contributed by atoms with Crippen LogP contribution in [0, 0.1) is 29.0 Å². The summed E-state index contributed by atoms with van der Waals surface area (Å²) in [5.74, 6) is 5.68. The number of benzene rings is 1. The number of hydrogen-bond donors (Lipinski definition) is 0. The topological polar surface area (TPSA) is 88.8 Å². The van der Waals surface area contributed by atoms with Crippen LogP contribution in [0.25, 0.3) is 0 Å². The smallest absolute Gasteiger partial charge is 0.318 e. The Bertz CT molecular complexity index is 1480. The van der Waals surface area contributed by atoms with Crippen LogP contribution >= 0.6 is 0 Å². The van der Waals surface area contributed by atoms with Crippen LogP contribution in [-0.2, 0) is 29.7 Å². The zero-order valence-corrected chi connectivity index (χ0v) is 24.7. The molecule has 2 saturated heterocycles. The molecule has 42 heavy (non-hydrogen) atoms. The lowest BCUT2D eigenvalue weighted by Crippen LogP contribution is -2.56. The van der Waals surface area contributed by atoms with Gasteiger partial charge in [-0.1, -0.05) is 18.1 Å². The van der Waals surface area contributed by atoms with E-state index < -0.39 is 5.54 Å². The Morgan fingerprint density at radius 1 is 1.21 bits per heavy atom. The van der Waals surface area contributed by atoms with Crippen molar-refractivity contribution in [2.75, 3.05) is 51.8 Å². The number of piperazine rings is 1. The number of aryl methyl sites for hydroxylation is 1. The predicted molar refractivity (Wildman–Crippen MR) is 156 cm³/mol. The maximum absolute atomic E-state index is 15.4. The molecule has 0 saturated carbocycles. The highest BCUT2D eigenvalue weighted by Gasteiger charge is 2.48. The van der Waals surface area contributed by atoms with Gasteiger partial charge in [-0.3, -0.25) is 9.69 Å². The Hall–Kier alpha value is -3.73. The summed E-state index contributed by atoms with van der Waals surface area (Å²) in [5, 5.41) is 9.56. The molecule has 4 heterocycles. The number of nitriles is 1. The molecule has 4 aliphatic rings. The third-order valence-corrected chi connectivity index (χ3v) is 9.69. The minimum Gasteiger partial charge on any atom is -0.462 e. The van der Waals surface area contributed by atoms with Gasteiger partial charge in [-0.05, 0) is 70.8 Å². The van der Waals surface area contributed by atoms with Crippen molar-refractivity contribution in [2.24, 2.45) is 0 Å². The minimum absolute atomic E-state index is 0.161. The summed E-state index contributed by atoms with van der Waals surface area (Å²) in [5.41, 5.74) is 3.26. The second-order valence-electron chi connectivity index (χ2n) is 12.0. The highest BCUT2D eigenvalue weighted by atomic mass is 19.1. The first-order valence-corrected chi connectivity index (χ1v) is 14.9. The fourth-order valence-electron chi connectivity index (χ4n) is 7.39. The van der Waals surface area contributed by atoms with E-state index in [4.69, 9.17) is 14.7 Å². The number of carbonyl (C=O) groups is 1. The van der Waals surface area contributed by atoms with Crippen LogP contribution in [0.2, 0.25) is 0 Å². The lowest BCUT2D eigenvalue weighted by atomic mass is 9.80. The lowest BCUT2D eigenvalue weighted by Gasteiger charge is -2.46. The fraction of sp³-hybridized carbons (Fsp3) is 0.562. The van der Waals surface area contributed by atoms with Crippen LogP contribution in [-0.4, -0.2) is 89.5 Å². The van der Waals surface area contributed by atoms with Crippen LogP contribution < -0.4 is 9.64 Å². The van der Waals surface area contributed by atoms with E-state index in [9.17, 15) is 10.1 Å². The first-order valence-electron chi connectivity index (χ1n) is 14.9. The van der Waals surface area contributed by atoms with E-state index in [2.05, 4.69) is 46.7 Å². The minimum atomic E-state index is -0.477. The SMILES string of the molecule is CC#CC(=O)N1CCN(c2nc(OC[C@@H]3CCCN3C)nc3c2CN(C)C2(CCc4cccc(F)c42)C3)C[C@@H]1CC#N. The zero-order chi connectivity index (χ0) is 29.4. The molecule has 0 N–H and O–H groups in total. The average Bonchev–Trinajstić information content (AvgIpc) is 3.56. The number of carbonyl (C=O) groups excluding carboxylic acids is 1. The zero-order valence-electron chi connectivity index (χ0n) is 24.7. The van der Waals surface area contributed by atoms with Crippen molar-refractivity contribution in [3.63, 3.8) is 0 Å². The molecule has 9 nitrogen and oxygen atoms in total. The van der Waals surface area contributed by atoms with E-state index in [1.165, 1.54) is 0 Å². The Morgan fingerprint density at radius 3 is 2.83 bits per heavy atom. The molecule has 10 heteroatoms. The van der Waals surface area contributed by atoms with Gasteiger partial charge in [0.1, 0.15) is 18.2 Å². The van der Waals surface area contributed by atoms with Crippen LogP contribution in [0.15, 0.2) is 18.2 Å². The molecule has 3 aliphatic heterocycles. The van der Waals surface area contributed by atoms with Crippen molar-refractivity contribution >= 4 is 11.7 Å². The maximum atomic E-state index is 15.4. The molecule has 1 aromatic carbocycles. The molecule has 1 amide bonds. The number of anilines is 1. The summed E-state index contributed by atoms with van der Waals surface area (Å²) in [4.78, 5) is 31.1. The van der Waals surface area contributed by atoms with Crippen LogP contribution in [0.1, 0.15) is 55.0 Å². The van der Waals surface area contributed by atoms with E-state index in [1.54, 1.807) is 24.0 Å². The summed E-state index contributed by atoms with van der Waals surface area (Å²) in [7, 11) is 4.18.